The average Bonchev–Trinajstić information content (AvgIpc) is 3.32. The van der Waals surface area contributed by atoms with Crippen molar-refractivity contribution in [2.75, 3.05) is 12.4 Å². The predicted octanol–water partition coefficient (Wildman–Crippen LogP) is 4.06. The summed E-state index contributed by atoms with van der Waals surface area (Å²) < 4.78 is 11.3. The number of aliphatic hydroxyl groups excluding tert-OH is 1. The number of thioether (sulfide) groups is 1. The van der Waals surface area contributed by atoms with Gasteiger partial charge < -0.3 is 19.2 Å². The Bertz CT molecular complexity index is 1030. The standard InChI is InChI=1S/C20H19N3O3S/c1-13-6-8-15(9-7-13)25-11-14(24)12-27-20-23-22-19(26-20)17-10-21-18-5-3-2-4-16(17)18/h2-10,14,21,24H,11-12H2,1H3/t14-/m0/s1. The number of aromatic amines is 1. The van der Waals surface area contributed by atoms with Crippen LogP contribution in [0, 0.1) is 6.92 Å². The van der Waals surface area contributed by atoms with Crippen molar-refractivity contribution in [1.29, 1.82) is 0 Å². The molecule has 2 aromatic heterocycles. The second-order valence-corrected chi connectivity index (χ2v) is 7.18. The molecule has 4 aromatic rings. The number of para-hydroxylation sites is 1. The highest BCUT2D eigenvalue weighted by atomic mass is 32.2. The molecule has 0 aliphatic heterocycles. The van der Waals surface area contributed by atoms with E-state index in [2.05, 4.69) is 15.2 Å². The number of aromatic nitrogens is 3. The molecule has 138 valence electrons. The maximum Gasteiger partial charge on any atom is 0.276 e. The number of ether oxygens (including phenoxy) is 1. The molecule has 0 unspecified atom stereocenters. The highest BCUT2D eigenvalue weighted by Gasteiger charge is 2.15. The van der Waals surface area contributed by atoms with Crippen LogP contribution in [0.4, 0.5) is 0 Å². The fraction of sp³-hybridized carbons (Fsp3) is 0.200. The summed E-state index contributed by atoms with van der Waals surface area (Å²) in [7, 11) is 0. The minimum absolute atomic E-state index is 0.208. The fourth-order valence-electron chi connectivity index (χ4n) is 2.67. The van der Waals surface area contributed by atoms with E-state index >= 15 is 0 Å². The molecule has 1 atom stereocenters. The van der Waals surface area contributed by atoms with Crippen molar-refractivity contribution in [3.05, 3.63) is 60.3 Å². The summed E-state index contributed by atoms with van der Waals surface area (Å²) in [5.74, 6) is 1.60. The topological polar surface area (TPSA) is 84.2 Å². The molecule has 2 heterocycles. The Morgan fingerprint density at radius 3 is 2.81 bits per heavy atom. The number of aliphatic hydroxyl groups is 1. The largest absolute Gasteiger partial charge is 0.491 e. The van der Waals surface area contributed by atoms with Crippen molar-refractivity contribution in [3.8, 4) is 17.2 Å². The van der Waals surface area contributed by atoms with Gasteiger partial charge in [0.1, 0.15) is 12.4 Å². The SMILES string of the molecule is Cc1ccc(OC[C@H](O)CSc2nnc(-c3c[nH]c4ccccc34)o2)cc1. The van der Waals surface area contributed by atoms with Gasteiger partial charge in [-0.3, -0.25) is 0 Å². The lowest BCUT2D eigenvalue weighted by Crippen LogP contribution is -2.20. The highest BCUT2D eigenvalue weighted by molar-refractivity contribution is 7.99. The van der Waals surface area contributed by atoms with Gasteiger partial charge in [-0.15, -0.1) is 10.2 Å². The number of hydrogen-bond acceptors (Lipinski definition) is 6. The van der Waals surface area contributed by atoms with Crippen LogP contribution in [-0.2, 0) is 0 Å². The molecule has 0 bridgehead atoms. The van der Waals surface area contributed by atoms with Gasteiger partial charge in [-0.1, -0.05) is 47.7 Å². The molecule has 4 rings (SSSR count). The summed E-state index contributed by atoms with van der Waals surface area (Å²) in [5, 5.41) is 19.7. The molecular formula is C20H19N3O3S. The summed E-state index contributed by atoms with van der Waals surface area (Å²) in [4.78, 5) is 3.19. The minimum atomic E-state index is -0.639. The molecule has 0 radical (unpaired) electrons. The van der Waals surface area contributed by atoms with Crippen LogP contribution in [0.15, 0.2) is 64.4 Å². The Hall–Kier alpha value is -2.77. The van der Waals surface area contributed by atoms with Crippen LogP contribution in [0.3, 0.4) is 0 Å². The third-order valence-corrected chi connectivity index (χ3v) is 5.05. The Balaban J connectivity index is 1.33. The van der Waals surface area contributed by atoms with Crippen molar-refractivity contribution in [1.82, 2.24) is 15.2 Å². The molecule has 0 saturated heterocycles. The van der Waals surface area contributed by atoms with Gasteiger partial charge in [-0.25, -0.2) is 0 Å². The molecule has 0 amide bonds. The molecule has 0 aliphatic rings. The number of H-pyrrole nitrogens is 1. The van der Waals surface area contributed by atoms with Crippen LogP contribution in [0.1, 0.15) is 5.56 Å². The van der Waals surface area contributed by atoms with Gasteiger partial charge >= 0.3 is 0 Å². The first-order valence-corrected chi connectivity index (χ1v) is 9.58. The summed E-state index contributed by atoms with van der Waals surface area (Å²) >= 11 is 1.31. The Kier molecular flexibility index (Phi) is 5.13. The zero-order chi connectivity index (χ0) is 18.6. The predicted molar refractivity (Wildman–Crippen MR) is 105 cm³/mol. The zero-order valence-electron chi connectivity index (χ0n) is 14.8. The first kappa shape index (κ1) is 17.6. The maximum absolute atomic E-state index is 10.1. The van der Waals surface area contributed by atoms with Crippen LogP contribution in [0.2, 0.25) is 0 Å². The normalized spacial score (nSPS) is 12.4. The van der Waals surface area contributed by atoms with Crippen LogP contribution in [0.25, 0.3) is 22.4 Å². The van der Waals surface area contributed by atoms with Crippen LogP contribution >= 0.6 is 11.8 Å². The van der Waals surface area contributed by atoms with E-state index in [0.717, 1.165) is 22.2 Å². The lowest BCUT2D eigenvalue weighted by molar-refractivity contribution is 0.126. The summed E-state index contributed by atoms with van der Waals surface area (Å²) in [6.07, 6.45) is 1.22. The van der Waals surface area contributed by atoms with E-state index in [4.69, 9.17) is 9.15 Å². The molecule has 0 saturated carbocycles. The number of hydrogen-bond donors (Lipinski definition) is 2. The molecule has 27 heavy (non-hydrogen) atoms. The zero-order valence-corrected chi connectivity index (χ0v) is 15.6. The molecule has 0 fully saturated rings. The Morgan fingerprint density at radius 1 is 1.15 bits per heavy atom. The summed E-state index contributed by atoms with van der Waals surface area (Å²) in [6, 6.07) is 15.7. The first-order valence-electron chi connectivity index (χ1n) is 8.59. The van der Waals surface area contributed by atoms with Gasteiger partial charge in [-0.05, 0) is 25.1 Å². The van der Waals surface area contributed by atoms with E-state index in [1.54, 1.807) is 0 Å². The second-order valence-electron chi connectivity index (χ2n) is 6.21. The molecular weight excluding hydrogens is 362 g/mol. The maximum atomic E-state index is 10.1. The Morgan fingerprint density at radius 2 is 1.96 bits per heavy atom. The van der Waals surface area contributed by atoms with Gasteiger partial charge in [-0.2, -0.15) is 0 Å². The lowest BCUT2D eigenvalue weighted by atomic mass is 10.2. The summed E-state index contributed by atoms with van der Waals surface area (Å²) in [5.41, 5.74) is 3.05. The van der Waals surface area contributed by atoms with E-state index in [1.807, 2.05) is 61.7 Å². The van der Waals surface area contributed by atoms with Gasteiger partial charge in [0.05, 0.1) is 11.7 Å². The molecule has 0 aliphatic carbocycles. The lowest BCUT2D eigenvalue weighted by Gasteiger charge is -2.11. The first-order chi connectivity index (χ1) is 13.2. The number of rotatable bonds is 7. The molecule has 6 nitrogen and oxygen atoms in total. The number of benzene rings is 2. The van der Waals surface area contributed by atoms with Crippen LogP contribution in [-0.4, -0.2) is 38.8 Å². The van der Waals surface area contributed by atoms with Crippen LogP contribution in [0.5, 0.6) is 5.75 Å². The van der Waals surface area contributed by atoms with Gasteiger partial charge in [0, 0.05) is 22.9 Å². The van der Waals surface area contributed by atoms with Crippen molar-refractivity contribution < 1.29 is 14.3 Å². The number of fused-ring (bicyclic) bond motifs is 1. The molecule has 2 N–H and O–H groups in total. The Labute approximate surface area is 160 Å². The molecule has 2 aromatic carbocycles. The van der Waals surface area contributed by atoms with Crippen LogP contribution < -0.4 is 4.74 Å². The number of nitrogens with one attached hydrogen (secondary N) is 1. The highest BCUT2D eigenvalue weighted by Crippen LogP contribution is 2.29. The average molecular weight is 381 g/mol. The van der Waals surface area contributed by atoms with Crippen molar-refractivity contribution in [2.45, 2.75) is 18.3 Å². The van der Waals surface area contributed by atoms with Gasteiger partial charge in [0.15, 0.2) is 0 Å². The van der Waals surface area contributed by atoms with Gasteiger partial charge in [0.2, 0.25) is 0 Å². The van der Waals surface area contributed by atoms with E-state index in [1.165, 1.54) is 17.3 Å². The third-order valence-electron chi connectivity index (χ3n) is 4.09. The van der Waals surface area contributed by atoms with E-state index in [9.17, 15) is 5.11 Å². The second kappa shape index (κ2) is 7.85. The smallest absolute Gasteiger partial charge is 0.276 e. The van der Waals surface area contributed by atoms with E-state index < -0.39 is 6.10 Å². The monoisotopic (exact) mass is 381 g/mol. The summed E-state index contributed by atoms with van der Waals surface area (Å²) in [6.45, 7) is 2.23. The third kappa shape index (κ3) is 4.15. The number of aryl methyl sites for hydroxylation is 1. The van der Waals surface area contributed by atoms with Crippen molar-refractivity contribution in [3.63, 3.8) is 0 Å². The van der Waals surface area contributed by atoms with E-state index in [0.29, 0.717) is 16.9 Å². The van der Waals surface area contributed by atoms with Gasteiger partial charge in [0.25, 0.3) is 11.1 Å². The quantitative estimate of drug-likeness (QED) is 0.470. The number of nitrogens with zero attached hydrogens (tertiary/aromatic N) is 2. The minimum Gasteiger partial charge on any atom is -0.491 e. The van der Waals surface area contributed by atoms with E-state index in [-0.39, 0.29) is 6.61 Å². The van der Waals surface area contributed by atoms with Crippen molar-refractivity contribution >= 4 is 22.7 Å². The molecule has 0 spiro atoms. The van der Waals surface area contributed by atoms with Crippen molar-refractivity contribution in [2.24, 2.45) is 0 Å². The fourth-order valence-corrected chi connectivity index (χ4v) is 3.34. The molecule has 7 heteroatoms.